The van der Waals surface area contributed by atoms with Gasteiger partial charge in [-0.15, -0.1) is 0 Å². The molecule has 1 heterocycles. The third-order valence-electron chi connectivity index (χ3n) is 3.69. The van der Waals surface area contributed by atoms with E-state index in [1.807, 2.05) is 12.1 Å². The number of likely N-dealkylation sites (N-methyl/N-ethyl adjacent to an activating group) is 1. The van der Waals surface area contributed by atoms with E-state index in [0.29, 0.717) is 6.54 Å². The predicted molar refractivity (Wildman–Crippen MR) is 78.9 cm³/mol. The monoisotopic (exact) mass is 277 g/mol. The summed E-state index contributed by atoms with van der Waals surface area (Å²) in [5.74, 6) is 0.999. The van der Waals surface area contributed by atoms with E-state index >= 15 is 0 Å². The highest BCUT2D eigenvalue weighted by molar-refractivity contribution is 5.77. The molecule has 0 radical (unpaired) electrons. The molecule has 1 fully saturated rings. The van der Waals surface area contributed by atoms with Gasteiger partial charge in [-0.3, -0.25) is 9.69 Å². The number of piperazine rings is 1. The maximum absolute atomic E-state index is 11.9. The van der Waals surface area contributed by atoms with Crippen molar-refractivity contribution in [2.45, 2.75) is 6.04 Å². The summed E-state index contributed by atoms with van der Waals surface area (Å²) in [5, 5.41) is 3.40. The van der Waals surface area contributed by atoms with Crippen molar-refractivity contribution in [3.63, 3.8) is 0 Å². The minimum absolute atomic E-state index is 0.144. The minimum Gasteiger partial charge on any atom is -0.497 e. The largest absolute Gasteiger partial charge is 0.497 e. The highest BCUT2D eigenvalue weighted by Gasteiger charge is 2.25. The van der Waals surface area contributed by atoms with Gasteiger partial charge in [-0.05, 0) is 17.7 Å². The fourth-order valence-corrected chi connectivity index (χ4v) is 2.41. The summed E-state index contributed by atoms with van der Waals surface area (Å²) in [6, 6.07) is 8.32. The smallest absolute Gasteiger partial charge is 0.236 e. The highest BCUT2D eigenvalue weighted by atomic mass is 16.5. The first kappa shape index (κ1) is 14.8. The molecule has 1 aliphatic rings. The molecular formula is C15H23N3O2. The maximum atomic E-state index is 11.9. The van der Waals surface area contributed by atoms with Gasteiger partial charge in [0.15, 0.2) is 0 Å². The molecule has 0 aliphatic carbocycles. The molecule has 0 unspecified atom stereocenters. The molecular weight excluding hydrogens is 254 g/mol. The fourth-order valence-electron chi connectivity index (χ4n) is 2.41. The van der Waals surface area contributed by atoms with Gasteiger partial charge in [-0.2, -0.15) is 0 Å². The van der Waals surface area contributed by atoms with E-state index in [1.165, 1.54) is 5.56 Å². The Hall–Kier alpha value is -1.59. The van der Waals surface area contributed by atoms with Crippen LogP contribution in [0.2, 0.25) is 0 Å². The number of benzene rings is 1. The van der Waals surface area contributed by atoms with Crippen LogP contribution in [0.15, 0.2) is 24.3 Å². The zero-order valence-corrected chi connectivity index (χ0v) is 12.4. The lowest BCUT2D eigenvalue weighted by atomic mass is 10.0. The summed E-state index contributed by atoms with van der Waals surface area (Å²) in [4.78, 5) is 15.8. The van der Waals surface area contributed by atoms with Gasteiger partial charge in [0.2, 0.25) is 5.91 Å². The lowest BCUT2D eigenvalue weighted by Gasteiger charge is -2.36. The number of hydrogen-bond acceptors (Lipinski definition) is 4. The minimum atomic E-state index is 0.144. The van der Waals surface area contributed by atoms with Crippen LogP contribution in [-0.2, 0) is 4.79 Å². The van der Waals surface area contributed by atoms with Gasteiger partial charge in [0.1, 0.15) is 5.75 Å². The summed E-state index contributed by atoms with van der Waals surface area (Å²) < 4.78 is 5.19. The lowest BCUT2D eigenvalue weighted by Crippen LogP contribution is -2.49. The Morgan fingerprint density at radius 3 is 2.70 bits per heavy atom. The third-order valence-corrected chi connectivity index (χ3v) is 3.69. The van der Waals surface area contributed by atoms with Crippen molar-refractivity contribution in [2.24, 2.45) is 0 Å². The standard InChI is InChI=1S/C15H23N3O2/c1-17(2)15(19)11-18-9-8-16-10-14(18)12-4-6-13(20-3)7-5-12/h4-7,14,16H,8-11H2,1-3H3/t14-/m1/s1. The molecule has 1 aliphatic heterocycles. The van der Waals surface area contributed by atoms with Crippen LogP contribution in [0.1, 0.15) is 11.6 Å². The Kier molecular flexibility index (Phi) is 4.98. The van der Waals surface area contributed by atoms with Gasteiger partial charge < -0.3 is 15.0 Å². The quantitative estimate of drug-likeness (QED) is 0.881. The van der Waals surface area contributed by atoms with E-state index < -0.39 is 0 Å². The second-order valence-electron chi connectivity index (χ2n) is 5.25. The molecule has 2 rings (SSSR count). The number of carbonyl (C=O) groups excluding carboxylic acids is 1. The second-order valence-corrected chi connectivity index (χ2v) is 5.25. The molecule has 1 N–H and O–H groups in total. The predicted octanol–water partition coefficient (Wildman–Crippen LogP) is 0.730. The van der Waals surface area contributed by atoms with Crippen LogP contribution in [-0.4, -0.2) is 63.1 Å². The van der Waals surface area contributed by atoms with Gasteiger partial charge in [0.05, 0.1) is 13.7 Å². The number of carbonyl (C=O) groups is 1. The SMILES string of the molecule is COc1ccc([C@H]2CNCCN2CC(=O)N(C)C)cc1. The molecule has 0 bridgehead atoms. The summed E-state index contributed by atoms with van der Waals surface area (Å²) >= 11 is 0. The lowest BCUT2D eigenvalue weighted by molar-refractivity contribution is -0.130. The van der Waals surface area contributed by atoms with Crippen molar-refractivity contribution >= 4 is 5.91 Å². The molecule has 5 heteroatoms. The number of hydrogen-bond donors (Lipinski definition) is 1. The van der Waals surface area contributed by atoms with Crippen molar-refractivity contribution in [3.05, 3.63) is 29.8 Å². The van der Waals surface area contributed by atoms with Crippen LogP contribution in [0.4, 0.5) is 0 Å². The molecule has 110 valence electrons. The molecule has 1 saturated heterocycles. The van der Waals surface area contributed by atoms with E-state index in [2.05, 4.69) is 22.3 Å². The van der Waals surface area contributed by atoms with Gasteiger partial charge in [-0.25, -0.2) is 0 Å². The summed E-state index contributed by atoms with van der Waals surface area (Å²) in [5.41, 5.74) is 1.21. The number of nitrogens with one attached hydrogen (secondary N) is 1. The van der Waals surface area contributed by atoms with E-state index in [-0.39, 0.29) is 11.9 Å². The van der Waals surface area contributed by atoms with Crippen molar-refractivity contribution < 1.29 is 9.53 Å². The highest BCUT2D eigenvalue weighted by Crippen LogP contribution is 2.24. The van der Waals surface area contributed by atoms with Crippen molar-refractivity contribution in [1.82, 2.24) is 15.1 Å². The van der Waals surface area contributed by atoms with Crippen molar-refractivity contribution in [2.75, 3.05) is 47.4 Å². The van der Waals surface area contributed by atoms with E-state index in [9.17, 15) is 4.79 Å². The number of nitrogens with zero attached hydrogens (tertiary/aromatic N) is 2. The first-order valence-electron chi connectivity index (χ1n) is 6.90. The first-order valence-corrected chi connectivity index (χ1v) is 6.90. The van der Waals surface area contributed by atoms with Crippen LogP contribution < -0.4 is 10.1 Å². The number of amides is 1. The molecule has 0 aromatic heterocycles. The molecule has 0 spiro atoms. The average molecular weight is 277 g/mol. The van der Waals surface area contributed by atoms with Crippen LogP contribution in [0.25, 0.3) is 0 Å². The Labute approximate surface area is 120 Å². The van der Waals surface area contributed by atoms with E-state index in [4.69, 9.17) is 4.74 Å². The van der Waals surface area contributed by atoms with Crippen molar-refractivity contribution in [1.29, 1.82) is 0 Å². The summed E-state index contributed by atoms with van der Waals surface area (Å²) in [6.45, 7) is 3.14. The van der Waals surface area contributed by atoms with E-state index in [0.717, 1.165) is 25.4 Å². The van der Waals surface area contributed by atoms with Crippen LogP contribution in [0, 0.1) is 0 Å². The van der Waals surface area contributed by atoms with Crippen molar-refractivity contribution in [3.8, 4) is 5.75 Å². The van der Waals surface area contributed by atoms with Crippen LogP contribution in [0.5, 0.6) is 5.75 Å². The van der Waals surface area contributed by atoms with Crippen LogP contribution in [0.3, 0.4) is 0 Å². The average Bonchev–Trinajstić information content (AvgIpc) is 2.48. The van der Waals surface area contributed by atoms with Gasteiger partial charge in [-0.1, -0.05) is 12.1 Å². The number of rotatable bonds is 4. The number of ether oxygens (including phenoxy) is 1. The molecule has 20 heavy (non-hydrogen) atoms. The summed E-state index contributed by atoms with van der Waals surface area (Å²) in [7, 11) is 5.26. The molecule has 0 saturated carbocycles. The Bertz CT molecular complexity index is 445. The molecule has 1 atom stereocenters. The Balaban J connectivity index is 2.11. The Morgan fingerprint density at radius 1 is 1.40 bits per heavy atom. The van der Waals surface area contributed by atoms with Gasteiger partial charge >= 0.3 is 0 Å². The molecule has 1 aromatic rings. The maximum Gasteiger partial charge on any atom is 0.236 e. The fraction of sp³-hybridized carbons (Fsp3) is 0.533. The first-order chi connectivity index (χ1) is 9.61. The normalized spacial score (nSPS) is 19.6. The van der Waals surface area contributed by atoms with E-state index in [1.54, 1.807) is 26.1 Å². The van der Waals surface area contributed by atoms with Gasteiger partial charge in [0, 0.05) is 39.8 Å². The zero-order chi connectivity index (χ0) is 14.5. The zero-order valence-electron chi connectivity index (χ0n) is 12.4. The topological polar surface area (TPSA) is 44.8 Å². The second kappa shape index (κ2) is 6.72. The Morgan fingerprint density at radius 2 is 2.10 bits per heavy atom. The van der Waals surface area contributed by atoms with Crippen LogP contribution >= 0.6 is 0 Å². The molecule has 5 nitrogen and oxygen atoms in total. The molecule has 1 amide bonds. The molecule has 1 aromatic carbocycles. The summed E-state index contributed by atoms with van der Waals surface area (Å²) in [6.07, 6.45) is 0. The van der Waals surface area contributed by atoms with Gasteiger partial charge in [0.25, 0.3) is 0 Å². The number of methoxy groups -OCH3 is 1. The third kappa shape index (κ3) is 3.49.